The molecule has 170 valence electrons. The van der Waals surface area contributed by atoms with Crippen LogP contribution < -0.4 is 15.7 Å². The number of urea groups is 1. The van der Waals surface area contributed by atoms with Gasteiger partial charge in [-0.25, -0.2) is 19.6 Å². The average molecular weight is 449 g/mol. The lowest BCUT2D eigenvalue weighted by Crippen LogP contribution is -2.40. The van der Waals surface area contributed by atoms with Crippen molar-refractivity contribution in [2.45, 2.75) is 6.42 Å². The van der Waals surface area contributed by atoms with Gasteiger partial charge in [-0.2, -0.15) is 0 Å². The molecule has 0 aliphatic carbocycles. The molecule has 0 saturated carbocycles. The number of amides is 3. The summed E-state index contributed by atoms with van der Waals surface area (Å²) in [4.78, 5) is 33.0. The van der Waals surface area contributed by atoms with Gasteiger partial charge in [0.2, 0.25) is 0 Å². The standard InChI is InChI=1S/C24H24FN5O3/c25-19-4-7-21-16(11-19)3-8-22(27-21)29-10-9-17-12-30(14-18(17)13-29)24(32)26-20-5-1-15(2-6-20)23(31)28-33/h1-8,11,17-18,33H,9-10,12-14H2,(H,26,32)(H,28,31). The SMILES string of the molecule is O=C(NO)c1ccc(NC(=O)N2CC3CCN(c4ccc5cc(F)ccc5n4)CC3C2)cc1. The lowest BCUT2D eigenvalue weighted by Gasteiger charge is -2.35. The number of likely N-dealkylation sites (tertiary alicyclic amines) is 1. The van der Waals surface area contributed by atoms with Crippen molar-refractivity contribution < 1.29 is 19.2 Å². The number of hydroxylamine groups is 1. The average Bonchev–Trinajstić information content (AvgIpc) is 3.27. The lowest BCUT2D eigenvalue weighted by molar-refractivity contribution is 0.0706. The van der Waals surface area contributed by atoms with Crippen molar-refractivity contribution in [2.75, 3.05) is 36.4 Å². The Labute approximate surface area is 190 Å². The maximum atomic E-state index is 13.4. The Morgan fingerprint density at radius 3 is 2.58 bits per heavy atom. The van der Waals surface area contributed by atoms with Gasteiger partial charge in [-0.15, -0.1) is 0 Å². The number of nitrogens with one attached hydrogen (secondary N) is 2. The summed E-state index contributed by atoms with van der Waals surface area (Å²) in [6.07, 6.45) is 0.975. The molecule has 0 spiro atoms. The molecule has 8 nitrogen and oxygen atoms in total. The molecule has 2 fully saturated rings. The van der Waals surface area contributed by atoms with E-state index >= 15 is 0 Å². The Balaban J connectivity index is 1.22. The molecule has 3 N–H and O–H groups in total. The molecule has 33 heavy (non-hydrogen) atoms. The summed E-state index contributed by atoms with van der Waals surface area (Å²) < 4.78 is 13.4. The number of piperidine rings is 1. The molecular weight excluding hydrogens is 425 g/mol. The zero-order valence-electron chi connectivity index (χ0n) is 17.9. The summed E-state index contributed by atoms with van der Waals surface area (Å²) in [5, 5.41) is 12.4. The van der Waals surface area contributed by atoms with Gasteiger partial charge in [0, 0.05) is 42.8 Å². The quantitative estimate of drug-likeness (QED) is 0.420. The van der Waals surface area contributed by atoms with Crippen LogP contribution in [0, 0.1) is 17.7 Å². The fraction of sp³-hybridized carbons (Fsp3) is 0.292. The highest BCUT2D eigenvalue weighted by molar-refractivity contribution is 5.95. The van der Waals surface area contributed by atoms with E-state index in [1.165, 1.54) is 24.3 Å². The third kappa shape index (κ3) is 4.31. The molecule has 3 amide bonds. The van der Waals surface area contributed by atoms with Crippen molar-refractivity contribution >= 4 is 34.3 Å². The highest BCUT2D eigenvalue weighted by Gasteiger charge is 2.39. The molecule has 2 aromatic carbocycles. The van der Waals surface area contributed by atoms with Gasteiger partial charge in [-0.05, 0) is 72.9 Å². The number of fused-ring (bicyclic) bond motifs is 2. The predicted octanol–water partition coefficient (Wildman–Crippen LogP) is 3.48. The summed E-state index contributed by atoms with van der Waals surface area (Å²) in [5.41, 5.74) is 3.24. The first-order valence-corrected chi connectivity index (χ1v) is 10.9. The van der Waals surface area contributed by atoms with Crippen LogP contribution in [-0.2, 0) is 0 Å². The van der Waals surface area contributed by atoms with Crippen LogP contribution in [0.15, 0.2) is 54.6 Å². The molecule has 2 atom stereocenters. The Hall–Kier alpha value is -3.72. The van der Waals surface area contributed by atoms with Gasteiger partial charge in [0.05, 0.1) is 5.52 Å². The number of nitrogens with zero attached hydrogens (tertiary/aromatic N) is 3. The van der Waals surface area contributed by atoms with E-state index in [9.17, 15) is 14.0 Å². The monoisotopic (exact) mass is 449 g/mol. The van der Waals surface area contributed by atoms with Crippen molar-refractivity contribution in [1.29, 1.82) is 0 Å². The molecule has 3 aromatic rings. The van der Waals surface area contributed by atoms with Crippen LogP contribution in [0.5, 0.6) is 0 Å². The minimum absolute atomic E-state index is 0.166. The Kier molecular flexibility index (Phi) is 5.55. The van der Waals surface area contributed by atoms with Gasteiger partial charge in [-0.1, -0.05) is 0 Å². The Morgan fingerprint density at radius 2 is 1.79 bits per heavy atom. The van der Waals surface area contributed by atoms with Gasteiger partial charge in [0.1, 0.15) is 11.6 Å². The normalized spacial score (nSPS) is 19.9. The van der Waals surface area contributed by atoms with Crippen molar-refractivity contribution in [1.82, 2.24) is 15.4 Å². The molecule has 2 aliphatic heterocycles. The zero-order chi connectivity index (χ0) is 22.9. The van der Waals surface area contributed by atoms with E-state index in [4.69, 9.17) is 10.2 Å². The highest BCUT2D eigenvalue weighted by Crippen LogP contribution is 2.33. The van der Waals surface area contributed by atoms with Crippen LogP contribution in [0.4, 0.5) is 20.7 Å². The summed E-state index contributed by atoms with van der Waals surface area (Å²) in [6, 6.07) is 14.6. The smallest absolute Gasteiger partial charge is 0.321 e. The minimum atomic E-state index is -0.603. The maximum absolute atomic E-state index is 13.4. The van der Waals surface area contributed by atoms with Crippen molar-refractivity contribution in [2.24, 2.45) is 11.8 Å². The number of halogens is 1. The van der Waals surface area contributed by atoms with Crippen LogP contribution in [0.1, 0.15) is 16.8 Å². The second-order valence-electron chi connectivity index (χ2n) is 8.61. The van der Waals surface area contributed by atoms with Gasteiger partial charge < -0.3 is 15.1 Å². The number of hydrogen-bond donors (Lipinski definition) is 3. The fourth-order valence-corrected chi connectivity index (χ4v) is 4.78. The molecule has 9 heteroatoms. The number of carbonyl (C=O) groups is 2. The molecule has 2 saturated heterocycles. The predicted molar refractivity (Wildman–Crippen MR) is 122 cm³/mol. The van der Waals surface area contributed by atoms with Gasteiger partial charge in [0.15, 0.2) is 0 Å². The van der Waals surface area contributed by atoms with E-state index in [-0.39, 0.29) is 11.8 Å². The summed E-state index contributed by atoms with van der Waals surface area (Å²) >= 11 is 0. The van der Waals surface area contributed by atoms with Gasteiger partial charge >= 0.3 is 6.03 Å². The Bertz CT molecular complexity index is 1200. The molecule has 1 aromatic heterocycles. The number of benzene rings is 2. The molecular formula is C24H24FN5O3. The second kappa shape index (κ2) is 8.67. The second-order valence-corrected chi connectivity index (χ2v) is 8.61. The number of rotatable bonds is 3. The van der Waals surface area contributed by atoms with Gasteiger partial charge in [-0.3, -0.25) is 10.0 Å². The van der Waals surface area contributed by atoms with E-state index < -0.39 is 5.91 Å². The third-order valence-electron chi connectivity index (χ3n) is 6.55. The fourth-order valence-electron chi connectivity index (χ4n) is 4.78. The number of hydrogen-bond acceptors (Lipinski definition) is 5. The van der Waals surface area contributed by atoms with E-state index in [0.29, 0.717) is 36.2 Å². The van der Waals surface area contributed by atoms with Crippen LogP contribution in [0.25, 0.3) is 10.9 Å². The first-order valence-electron chi connectivity index (χ1n) is 10.9. The minimum Gasteiger partial charge on any atom is -0.356 e. The molecule has 2 aliphatic rings. The van der Waals surface area contributed by atoms with E-state index in [0.717, 1.165) is 36.2 Å². The van der Waals surface area contributed by atoms with Crippen molar-refractivity contribution in [3.8, 4) is 0 Å². The van der Waals surface area contributed by atoms with Crippen LogP contribution >= 0.6 is 0 Å². The first-order chi connectivity index (χ1) is 16.0. The molecule has 0 bridgehead atoms. The van der Waals surface area contributed by atoms with Crippen LogP contribution in [-0.4, -0.2) is 53.2 Å². The highest BCUT2D eigenvalue weighted by atomic mass is 19.1. The molecule has 5 rings (SSSR count). The first kappa shape index (κ1) is 21.1. The number of anilines is 2. The molecule has 2 unspecified atom stereocenters. The topological polar surface area (TPSA) is 97.8 Å². The van der Waals surface area contributed by atoms with E-state index in [1.54, 1.807) is 23.7 Å². The largest absolute Gasteiger partial charge is 0.356 e. The summed E-state index contributed by atoms with van der Waals surface area (Å²) in [5.74, 6) is 0.799. The van der Waals surface area contributed by atoms with Crippen LogP contribution in [0.3, 0.4) is 0 Å². The molecule has 0 radical (unpaired) electrons. The van der Waals surface area contributed by atoms with E-state index in [1.807, 2.05) is 17.0 Å². The third-order valence-corrected chi connectivity index (χ3v) is 6.55. The lowest BCUT2D eigenvalue weighted by atomic mass is 9.89. The van der Waals surface area contributed by atoms with Crippen molar-refractivity contribution in [3.05, 3.63) is 66.0 Å². The number of aromatic nitrogens is 1. The molecule has 3 heterocycles. The van der Waals surface area contributed by atoms with Crippen LogP contribution in [0.2, 0.25) is 0 Å². The summed E-state index contributed by atoms with van der Waals surface area (Å²) in [7, 11) is 0. The van der Waals surface area contributed by atoms with Crippen molar-refractivity contribution in [3.63, 3.8) is 0 Å². The number of carbonyl (C=O) groups excluding carboxylic acids is 2. The number of pyridine rings is 1. The van der Waals surface area contributed by atoms with E-state index in [2.05, 4.69) is 10.2 Å². The van der Waals surface area contributed by atoms with Gasteiger partial charge in [0.25, 0.3) is 5.91 Å². The summed E-state index contributed by atoms with van der Waals surface area (Å²) in [6.45, 7) is 3.06. The zero-order valence-corrected chi connectivity index (χ0v) is 17.9. The Morgan fingerprint density at radius 1 is 1.00 bits per heavy atom. The maximum Gasteiger partial charge on any atom is 0.321 e.